The minimum Gasteiger partial charge on any atom is -0.465 e. The van der Waals surface area contributed by atoms with Crippen molar-refractivity contribution >= 4 is 31.7 Å². The molecule has 0 atom stereocenters. The lowest BCUT2D eigenvalue weighted by Gasteiger charge is -2.13. The van der Waals surface area contributed by atoms with Crippen LogP contribution in [-0.2, 0) is 24.8 Å². The van der Waals surface area contributed by atoms with Gasteiger partial charge in [0.05, 0.1) is 28.2 Å². The summed E-state index contributed by atoms with van der Waals surface area (Å²) in [5, 5.41) is 0. The Hall–Kier alpha value is -2.43. The van der Waals surface area contributed by atoms with Crippen molar-refractivity contribution in [2.75, 3.05) is 25.9 Å². The number of hydrogen-bond donors (Lipinski definition) is 1. The van der Waals surface area contributed by atoms with E-state index in [0.717, 1.165) is 4.31 Å². The summed E-state index contributed by atoms with van der Waals surface area (Å²) in [6.45, 7) is 1.65. The van der Waals surface area contributed by atoms with E-state index in [1.807, 2.05) is 0 Å². The molecule has 0 aliphatic heterocycles. The number of aryl methyl sites for hydroxylation is 1. The maximum Gasteiger partial charge on any atom is 0.337 e. The third-order valence-electron chi connectivity index (χ3n) is 3.80. The molecule has 2 aromatic carbocycles. The highest BCUT2D eigenvalue weighted by atomic mass is 32.2. The van der Waals surface area contributed by atoms with Gasteiger partial charge >= 0.3 is 5.97 Å². The van der Waals surface area contributed by atoms with Crippen LogP contribution in [0.25, 0.3) is 0 Å². The van der Waals surface area contributed by atoms with Crippen molar-refractivity contribution < 1.29 is 26.4 Å². The van der Waals surface area contributed by atoms with Crippen LogP contribution in [0.15, 0.2) is 52.3 Å². The molecule has 0 unspecified atom stereocenters. The van der Waals surface area contributed by atoms with Gasteiger partial charge in [-0.2, -0.15) is 0 Å². The molecule has 0 fully saturated rings. The van der Waals surface area contributed by atoms with E-state index in [1.54, 1.807) is 6.92 Å². The minimum absolute atomic E-state index is 0.00920. The van der Waals surface area contributed by atoms with Gasteiger partial charge in [-0.3, -0.25) is 4.72 Å². The molecule has 0 saturated carbocycles. The Kier molecular flexibility index (Phi) is 5.93. The molecule has 10 heteroatoms. The van der Waals surface area contributed by atoms with Gasteiger partial charge in [-0.25, -0.2) is 25.9 Å². The van der Waals surface area contributed by atoms with Crippen molar-refractivity contribution in [3.8, 4) is 0 Å². The molecule has 0 radical (unpaired) electrons. The average Bonchev–Trinajstić information content (AvgIpc) is 2.62. The number of hydrogen-bond acceptors (Lipinski definition) is 6. The highest BCUT2D eigenvalue weighted by molar-refractivity contribution is 7.92. The maximum absolute atomic E-state index is 12.6. The minimum atomic E-state index is -3.93. The van der Waals surface area contributed by atoms with E-state index in [2.05, 4.69) is 9.46 Å². The summed E-state index contributed by atoms with van der Waals surface area (Å²) < 4.78 is 57.3. The molecule has 146 valence electrons. The number of nitrogens with one attached hydrogen (secondary N) is 1. The fourth-order valence-corrected chi connectivity index (χ4v) is 4.26. The molecule has 0 bridgehead atoms. The highest BCUT2D eigenvalue weighted by Gasteiger charge is 2.20. The van der Waals surface area contributed by atoms with Crippen LogP contribution in [0.4, 0.5) is 5.69 Å². The van der Waals surface area contributed by atoms with Crippen LogP contribution in [0.3, 0.4) is 0 Å². The first kappa shape index (κ1) is 20.9. The van der Waals surface area contributed by atoms with Gasteiger partial charge in [-0.1, -0.05) is 0 Å². The number of esters is 1. The quantitative estimate of drug-likeness (QED) is 0.725. The molecule has 8 nitrogen and oxygen atoms in total. The number of carbonyl (C=O) groups excluding carboxylic acids is 1. The molecule has 0 aliphatic carbocycles. The first-order valence-electron chi connectivity index (χ1n) is 7.73. The van der Waals surface area contributed by atoms with Crippen LogP contribution < -0.4 is 4.72 Å². The van der Waals surface area contributed by atoms with Crippen LogP contribution in [-0.4, -0.2) is 48.3 Å². The van der Waals surface area contributed by atoms with E-state index in [9.17, 15) is 21.6 Å². The summed E-state index contributed by atoms with van der Waals surface area (Å²) in [5.74, 6) is -0.523. The van der Waals surface area contributed by atoms with Gasteiger partial charge in [0.2, 0.25) is 10.0 Å². The summed E-state index contributed by atoms with van der Waals surface area (Å²) in [6, 6.07) is 9.33. The monoisotopic (exact) mass is 412 g/mol. The van der Waals surface area contributed by atoms with Crippen LogP contribution in [0.2, 0.25) is 0 Å². The normalized spacial score (nSPS) is 12.0. The number of nitrogens with zero attached hydrogens (tertiary/aromatic N) is 1. The van der Waals surface area contributed by atoms with Gasteiger partial charge in [-0.05, 0) is 55.0 Å². The van der Waals surface area contributed by atoms with E-state index >= 15 is 0 Å². The second-order valence-electron chi connectivity index (χ2n) is 5.89. The number of ether oxygens (including phenoxy) is 1. The second kappa shape index (κ2) is 7.67. The maximum atomic E-state index is 12.6. The molecule has 0 aliphatic rings. The number of anilines is 1. The van der Waals surface area contributed by atoms with E-state index in [-0.39, 0.29) is 9.79 Å². The van der Waals surface area contributed by atoms with Gasteiger partial charge in [0.25, 0.3) is 10.0 Å². The average molecular weight is 412 g/mol. The molecule has 0 spiro atoms. The van der Waals surface area contributed by atoms with Crippen molar-refractivity contribution in [1.82, 2.24) is 4.31 Å². The van der Waals surface area contributed by atoms with E-state index in [1.165, 1.54) is 63.7 Å². The highest BCUT2D eigenvalue weighted by Crippen LogP contribution is 2.22. The third-order valence-corrected chi connectivity index (χ3v) is 7.02. The second-order valence-corrected chi connectivity index (χ2v) is 9.72. The summed E-state index contributed by atoms with van der Waals surface area (Å²) >= 11 is 0. The van der Waals surface area contributed by atoms with E-state index in [4.69, 9.17) is 0 Å². The molecular formula is C17H20N2O6S2. The Bertz CT molecular complexity index is 1060. The molecule has 1 N–H and O–H groups in total. The molecule has 2 rings (SSSR count). The van der Waals surface area contributed by atoms with Crippen LogP contribution in [0.1, 0.15) is 15.9 Å². The van der Waals surface area contributed by atoms with Gasteiger partial charge in [0, 0.05) is 14.1 Å². The van der Waals surface area contributed by atoms with Crippen molar-refractivity contribution in [3.05, 3.63) is 53.6 Å². The largest absolute Gasteiger partial charge is 0.465 e. The molecule has 0 aromatic heterocycles. The lowest BCUT2D eigenvalue weighted by molar-refractivity contribution is 0.0600. The lowest BCUT2D eigenvalue weighted by Crippen LogP contribution is -2.22. The molecule has 2 aromatic rings. The van der Waals surface area contributed by atoms with Crippen molar-refractivity contribution in [2.45, 2.75) is 16.7 Å². The van der Waals surface area contributed by atoms with Crippen molar-refractivity contribution in [2.24, 2.45) is 0 Å². The first-order valence-corrected chi connectivity index (χ1v) is 10.7. The van der Waals surface area contributed by atoms with Gasteiger partial charge in [-0.15, -0.1) is 0 Å². The zero-order valence-corrected chi connectivity index (χ0v) is 16.9. The third kappa shape index (κ3) is 4.46. The molecule has 0 amide bonds. The summed E-state index contributed by atoms with van der Waals surface area (Å²) in [6.07, 6.45) is 0. The Morgan fingerprint density at radius 1 is 0.963 bits per heavy atom. The summed E-state index contributed by atoms with van der Waals surface area (Å²) in [4.78, 5) is 11.4. The van der Waals surface area contributed by atoms with Crippen LogP contribution in [0, 0.1) is 6.92 Å². The fourth-order valence-electron chi connectivity index (χ4n) is 2.23. The Morgan fingerprint density at radius 2 is 1.52 bits per heavy atom. The van der Waals surface area contributed by atoms with Crippen molar-refractivity contribution in [1.29, 1.82) is 0 Å². The predicted octanol–water partition coefficient (Wildman–Crippen LogP) is 1.83. The number of methoxy groups -OCH3 is 1. The number of carbonyl (C=O) groups is 1. The Labute approximate surface area is 158 Å². The molecule has 0 heterocycles. The van der Waals surface area contributed by atoms with Crippen LogP contribution in [0.5, 0.6) is 0 Å². The SMILES string of the molecule is COC(=O)c1ccc(NS(=O)(=O)c2ccc(S(=O)(=O)N(C)C)cc2)c(C)c1. The molecule has 0 saturated heterocycles. The molecular weight excluding hydrogens is 392 g/mol. The van der Waals surface area contributed by atoms with Gasteiger partial charge in [0.1, 0.15) is 0 Å². The standard InChI is InChI=1S/C17H20N2O6S2/c1-12-11-13(17(20)25-4)5-10-16(12)18-26(21,22)14-6-8-15(9-7-14)27(23,24)19(2)3/h5-11,18H,1-4H3. The van der Waals surface area contributed by atoms with E-state index < -0.39 is 26.0 Å². The Balaban J connectivity index is 2.31. The topological polar surface area (TPSA) is 110 Å². The van der Waals surface area contributed by atoms with E-state index in [0.29, 0.717) is 16.8 Å². The first-order chi connectivity index (χ1) is 12.5. The number of rotatable bonds is 6. The molecule has 27 heavy (non-hydrogen) atoms. The van der Waals surface area contributed by atoms with Gasteiger partial charge in [0.15, 0.2) is 0 Å². The van der Waals surface area contributed by atoms with Crippen LogP contribution >= 0.6 is 0 Å². The Morgan fingerprint density at radius 3 is 2.00 bits per heavy atom. The zero-order chi connectivity index (χ0) is 20.4. The fraction of sp³-hybridized carbons (Fsp3) is 0.235. The lowest BCUT2D eigenvalue weighted by atomic mass is 10.1. The number of sulfonamides is 2. The zero-order valence-electron chi connectivity index (χ0n) is 15.3. The number of benzene rings is 2. The summed E-state index contributed by atoms with van der Waals surface area (Å²) in [7, 11) is -3.54. The van der Waals surface area contributed by atoms with Gasteiger partial charge < -0.3 is 4.74 Å². The summed E-state index contributed by atoms with van der Waals surface area (Å²) in [5.41, 5.74) is 1.14. The van der Waals surface area contributed by atoms with Crippen molar-refractivity contribution in [3.63, 3.8) is 0 Å². The predicted molar refractivity (Wildman–Crippen MR) is 101 cm³/mol. The smallest absolute Gasteiger partial charge is 0.337 e.